The predicted molar refractivity (Wildman–Crippen MR) is 62.4 cm³/mol. The molecule has 0 spiro atoms. The lowest BCUT2D eigenvalue weighted by Crippen LogP contribution is -2.10. The molecule has 0 aliphatic carbocycles. The van der Waals surface area contributed by atoms with Crippen LogP contribution in [-0.4, -0.2) is 5.78 Å². The lowest BCUT2D eigenvalue weighted by atomic mass is 9.90. The van der Waals surface area contributed by atoms with E-state index < -0.39 is 0 Å². The molecule has 0 bridgehead atoms. The van der Waals surface area contributed by atoms with Crippen molar-refractivity contribution in [3.63, 3.8) is 0 Å². The minimum absolute atomic E-state index is 0.465. The van der Waals surface area contributed by atoms with Gasteiger partial charge in [-0.3, -0.25) is 4.79 Å². The van der Waals surface area contributed by atoms with Crippen molar-refractivity contribution in [2.24, 2.45) is 11.8 Å². The Morgan fingerprint density at radius 2 is 1.50 bits per heavy atom. The highest BCUT2D eigenvalue weighted by Gasteiger charge is 2.13. The van der Waals surface area contributed by atoms with Crippen molar-refractivity contribution in [2.75, 3.05) is 0 Å². The number of Topliss-reactive ketones (excluding diaryl/α,β-unsaturated/α-hetero) is 1. The van der Waals surface area contributed by atoms with Gasteiger partial charge in [0.1, 0.15) is 5.78 Å². The number of hydrogen-bond acceptors (Lipinski definition) is 1. The first-order valence-electron chi connectivity index (χ1n) is 6.11. The average molecular weight is 198 g/mol. The van der Waals surface area contributed by atoms with Crippen LogP contribution < -0.4 is 0 Å². The van der Waals surface area contributed by atoms with E-state index in [9.17, 15) is 4.79 Å². The molecule has 0 aliphatic rings. The molecule has 0 N–H and O–H groups in total. The summed E-state index contributed by atoms with van der Waals surface area (Å²) in [4.78, 5) is 11.6. The van der Waals surface area contributed by atoms with Gasteiger partial charge in [-0.15, -0.1) is 0 Å². The molecule has 0 radical (unpaired) electrons. The molecule has 84 valence electrons. The van der Waals surface area contributed by atoms with E-state index in [1.165, 1.54) is 25.7 Å². The molecule has 0 aromatic rings. The predicted octanol–water partition coefficient (Wildman–Crippen LogP) is 4.21. The standard InChI is InChI=1S/C13H26O/c1-5-7-12(8-6-2)10-13(14)9-11(3)4/h11-12H,5-10H2,1-4H3. The number of carbonyl (C=O) groups is 1. The van der Waals surface area contributed by atoms with Crippen LogP contribution in [0.25, 0.3) is 0 Å². The Labute approximate surface area is 89.3 Å². The van der Waals surface area contributed by atoms with E-state index in [0.717, 1.165) is 12.8 Å². The van der Waals surface area contributed by atoms with Gasteiger partial charge in [-0.1, -0.05) is 53.4 Å². The summed E-state index contributed by atoms with van der Waals surface area (Å²) in [5, 5.41) is 0. The maximum Gasteiger partial charge on any atom is 0.133 e. The normalized spacial score (nSPS) is 11.3. The fourth-order valence-electron chi connectivity index (χ4n) is 2.03. The SMILES string of the molecule is CCCC(CCC)CC(=O)CC(C)C. The van der Waals surface area contributed by atoms with Gasteiger partial charge >= 0.3 is 0 Å². The molecule has 0 aromatic carbocycles. The van der Waals surface area contributed by atoms with Crippen LogP contribution in [0.1, 0.15) is 66.2 Å². The van der Waals surface area contributed by atoms with Crippen LogP contribution in [0, 0.1) is 11.8 Å². The fourth-order valence-corrected chi connectivity index (χ4v) is 2.03. The van der Waals surface area contributed by atoms with Gasteiger partial charge in [-0.25, -0.2) is 0 Å². The molecule has 14 heavy (non-hydrogen) atoms. The highest BCUT2D eigenvalue weighted by Crippen LogP contribution is 2.19. The zero-order valence-electron chi connectivity index (χ0n) is 10.3. The Bertz CT molecular complexity index is 143. The lowest BCUT2D eigenvalue weighted by molar-refractivity contribution is -0.120. The quantitative estimate of drug-likeness (QED) is 0.571. The molecule has 0 saturated heterocycles. The second-order valence-electron chi connectivity index (χ2n) is 4.78. The van der Waals surface area contributed by atoms with Gasteiger partial charge in [0.25, 0.3) is 0 Å². The second-order valence-corrected chi connectivity index (χ2v) is 4.78. The molecule has 0 aliphatic heterocycles. The Balaban J connectivity index is 3.82. The average Bonchev–Trinajstić information content (AvgIpc) is 2.03. The molecule has 0 saturated carbocycles. The topological polar surface area (TPSA) is 17.1 Å². The van der Waals surface area contributed by atoms with Crippen LogP contribution in [0.3, 0.4) is 0 Å². The van der Waals surface area contributed by atoms with Crippen molar-refractivity contribution in [3.05, 3.63) is 0 Å². The summed E-state index contributed by atoms with van der Waals surface area (Å²) in [5.74, 6) is 1.63. The largest absolute Gasteiger partial charge is 0.300 e. The number of rotatable bonds is 8. The van der Waals surface area contributed by atoms with Crippen molar-refractivity contribution in [1.29, 1.82) is 0 Å². The van der Waals surface area contributed by atoms with Gasteiger partial charge in [-0.05, 0) is 11.8 Å². The first-order valence-corrected chi connectivity index (χ1v) is 6.11. The van der Waals surface area contributed by atoms with Crippen molar-refractivity contribution >= 4 is 5.78 Å². The number of hydrogen-bond donors (Lipinski definition) is 0. The smallest absolute Gasteiger partial charge is 0.133 e. The molecular formula is C13H26O. The highest BCUT2D eigenvalue weighted by molar-refractivity contribution is 5.78. The molecule has 0 fully saturated rings. The molecular weight excluding hydrogens is 172 g/mol. The summed E-state index contributed by atoms with van der Waals surface area (Å²) in [7, 11) is 0. The third-order valence-electron chi connectivity index (χ3n) is 2.55. The van der Waals surface area contributed by atoms with Gasteiger partial charge in [0.15, 0.2) is 0 Å². The molecule has 0 unspecified atom stereocenters. The maximum atomic E-state index is 11.6. The van der Waals surface area contributed by atoms with Gasteiger partial charge in [0.2, 0.25) is 0 Å². The zero-order chi connectivity index (χ0) is 11.0. The van der Waals surface area contributed by atoms with Crippen molar-refractivity contribution in [3.8, 4) is 0 Å². The Morgan fingerprint density at radius 3 is 1.86 bits per heavy atom. The van der Waals surface area contributed by atoms with Gasteiger partial charge in [-0.2, -0.15) is 0 Å². The minimum Gasteiger partial charge on any atom is -0.300 e. The second kappa shape index (κ2) is 8.02. The summed E-state index contributed by atoms with van der Waals surface area (Å²) >= 11 is 0. The van der Waals surface area contributed by atoms with Crippen molar-refractivity contribution in [1.82, 2.24) is 0 Å². The van der Waals surface area contributed by atoms with E-state index in [4.69, 9.17) is 0 Å². The Hall–Kier alpha value is -0.330. The van der Waals surface area contributed by atoms with Crippen molar-refractivity contribution in [2.45, 2.75) is 66.2 Å². The van der Waals surface area contributed by atoms with Gasteiger partial charge in [0.05, 0.1) is 0 Å². The molecule has 0 amide bonds. The Morgan fingerprint density at radius 1 is 1.00 bits per heavy atom. The van der Waals surface area contributed by atoms with Gasteiger partial charge < -0.3 is 0 Å². The van der Waals surface area contributed by atoms with E-state index in [1.807, 2.05) is 0 Å². The van der Waals surface area contributed by atoms with Gasteiger partial charge in [0, 0.05) is 12.8 Å². The number of carbonyl (C=O) groups excluding carboxylic acids is 1. The van der Waals surface area contributed by atoms with Crippen LogP contribution in [0.4, 0.5) is 0 Å². The monoisotopic (exact) mass is 198 g/mol. The third-order valence-corrected chi connectivity index (χ3v) is 2.55. The lowest BCUT2D eigenvalue weighted by Gasteiger charge is -2.14. The van der Waals surface area contributed by atoms with E-state index >= 15 is 0 Å². The fraction of sp³-hybridized carbons (Fsp3) is 0.923. The van der Waals surface area contributed by atoms with Crippen LogP contribution >= 0.6 is 0 Å². The molecule has 1 nitrogen and oxygen atoms in total. The van der Waals surface area contributed by atoms with E-state index in [2.05, 4.69) is 27.7 Å². The van der Waals surface area contributed by atoms with Crippen LogP contribution in [0.2, 0.25) is 0 Å². The third kappa shape index (κ3) is 7.11. The van der Waals surface area contributed by atoms with Crippen LogP contribution in [-0.2, 0) is 4.79 Å². The van der Waals surface area contributed by atoms with Crippen LogP contribution in [0.15, 0.2) is 0 Å². The number of ketones is 1. The summed E-state index contributed by atoms with van der Waals surface area (Å²) < 4.78 is 0. The highest BCUT2D eigenvalue weighted by atomic mass is 16.1. The molecule has 1 heteroatoms. The van der Waals surface area contributed by atoms with Crippen molar-refractivity contribution < 1.29 is 4.79 Å². The first-order chi connectivity index (χ1) is 6.60. The minimum atomic E-state index is 0.465. The maximum absolute atomic E-state index is 11.6. The summed E-state index contributed by atoms with van der Waals surface area (Å²) in [5.41, 5.74) is 0. The summed E-state index contributed by atoms with van der Waals surface area (Å²) in [6.07, 6.45) is 6.44. The zero-order valence-corrected chi connectivity index (χ0v) is 10.3. The molecule has 0 aromatic heterocycles. The molecule has 0 atom stereocenters. The first kappa shape index (κ1) is 13.7. The Kier molecular flexibility index (Phi) is 7.83. The summed E-state index contributed by atoms with van der Waals surface area (Å²) in [6.45, 7) is 8.64. The van der Waals surface area contributed by atoms with Crippen LogP contribution in [0.5, 0.6) is 0 Å². The summed E-state index contributed by atoms with van der Waals surface area (Å²) in [6, 6.07) is 0. The van der Waals surface area contributed by atoms with E-state index in [-0.39, 0.29) is 0 Å². The van der Waals surface area contributed by atoms with E-state index in [1.54, 1.807) is 0 Å². The van der Waals surface area contributed by atoms with E-state index in [0.29, 0.717) is 17.6 Å². The molecule has 0 rings (SSSR count). The molecule has 0 heterocycles.